The zero-order valence-electron chi connectivity index (χ0n) is 16.3. The van der Waals surface area contributed by atoms with Crippen molar-refractivity contribution < 1.29 is 4.79 Å². The summed E-state index contributed by atoms with van der Waals surface area (Å²) in [7, 11) is 0. The molecule has 0 bridgehead atoms. The molecule has 142 valence electrons. The van der Waals surface area contributed by atoms with E-state index in [2.05, 4.69) is 60.5 Å². The van der Waals surface area contributed by atoms with Crippen molar-refractivity contribution in [1.82, 2.24) is 9.55 Å². The summed E-state index contributed by atoms with van der Waals surface area (Å²) in [6.45, 7) is 2.24. The first-order valence-electron chi connectivity index (χ1n) is 10.2. The minimum Gasteiger partial charge on any atom is -0.275 e. The molecule has 0 N–H and O–H groups in total. The van der Waals surface area contributed by atoms with Crippen molar-refractivity contribution in [3.63, 3.8) is 0 Å². The van der Waals surface area contributed by atoms with Crippen molar-refractivity contribution in [2.45, 2.75) is 57.8 Å². The fraction of sp³-hybridized carbons (Fsp3) is 0.417. The maximum Gasteiger partial charge on any atom is 0.245 e. The highest BCUT2D eigenvalue weighted by Gasteiger charge is 2.35. The summed E-state index contributed by atoms with van der Waals surface area (Å²) in [5.41, 5.74) is 0.699. The van der Waals surface area contributed by atoms with Crippen LogP contribution in [0.4, 0.5) is 0 Å². The van der Waals surface area contributed by atoms with Crippen LogP contribution in [-0.2, 0) is 0 Å². The van der Waals surface area contributed by atoms with Crippen LogP contribution < -0.4 is 0 Å². The van der Waals surface area contributed by atoms with Gasteiger partial charge in [-0.15, -0.1) is 0 Å². The Balaban J connectivity index is 1.72. The number of unbranched alkanes of at least 4 members (excludes halogenated alkanes) is 5. The molecule has 0 aliphatic heterocycles. The summed E-state index contributed by atoms with van der Waals surface area (Å²) in [6, 6.07) is 10.4. The Morgan fingerprint density at radius 1 is 1.04 bits per heavy atom. The summed E-state index contributed by atoms with van der Waals surface area (Å²) in [4.78, 5) is 17.3. The Kier molecular flexibility index (Phi) is 6.80. The molecule has 0 unspecified atom stereocenters. The maximum atomic E-state index is 13.2. The first kappa shape index (κ1) is 19.3. The van der Waals surface area contributed by atoms with Crippen LogP contribution in [0.5, 0.6) is 0 Å². The third-order valence-corrected chi connectivity index (χ3v) is 5.47. The molecule has 0 radical (unpaired) electrons. The molecule has 0 spiro atoms. The molecule has 27 heavy (non-hydrogen) atoms. The Bertz CT molecular complexity index is 745. The monoisotopic (exact) mass is 362 g/mol. The number of carbonyl (C=O) groups is 1. The minimum absolute atomic E-state index is 0.0903. The molecule has 1 heterocycles. The molecule has 3 nitrogen and oxygen atoms in total. The van der Waals surface area contributed by atoms with Gasteiger partial charge in [0.15, 0.2) is 0 Å². The van der Waals surface area contributed by atoms with Crippen molar-refractivity contribution >= 4 is 5.91 Å². The number of aromatic nitrogens is 2. The van der Waals surface area contributed by atoms with E-state index in [0.29, 0.717) is 0 Å². The normalized spacial score (nSPS) is 21.4. The molecule has 1 aliphatic rings. The van der Waals surface area contributed by atoms with Crippen LogP contribution in [-0.4, -0.2) is 15.5 Å². The van der Waals surface area contributed by atoms with Crippen LogP contribution >= 0.6 is 0 Å². The zero-order valence-corrected chi connectivity index (χ0v) is 16.3. The van der Waals surface area contributed by atoms with Crippen LogP contribution in [0.1, 0.15) is 68.1 Å². The topological polar surface area (TPSA) is 34.9 Å². The lowest BCUT2D eigenvalue weighted by molar-refractivity contribution is 0.0793. The van der Waals surface area contributed by atoms with E-state index >= 15 is 0 Å². The van der Waals surface area contributed by atoms with Gasteiger partial charge < -0.3 is 0 Å². The second-order valence-electron chi connectivity index (χ2n) is 7.49. The molecule has 0 saturated carbocycles. The lowest BCUT2D eigenvalue weighted by Gasteiger charge is -2.30. The van der Waals surface area contributed by atoms with Gasteiger partial charge in [0.05, 0.1) is 5.41 Å². The van der Waals surface area contributed by atoms with Gasteiger partial charge in [-0.05, 0) is 12.0 Å². The second kappa shape index (κ2) is 9.50. The Labute approximate surface area is 162 Å². The molecule has 3 rings (SSSR count). The van der Waals surface area contributed by atoms with Crippen LogP contribution in [0, 0.1) is 5.41 Å². The Hall–Kier alpha value is -2.42. The standard InChI is InChI=1S/C24H30N2O/c1-2-3-4-5-6-10-15-24(23(27)26-19-18-25-20-26)16-13-22(14-17-24)21-11-8-7-9-12-21/h7-9,11-14,16-20,22H,2-6,10,15H2,1H3. The number of hydrogen-bond donors (Lipinski definition) is 0. The van der Waals surface area contributed by atoms with E-state index in [1.54, 1.807) is 23.3 Å². The number of nitrogens with zero attached hydrogens (tertiary/aromatic N) is 2. The number of imidazole rings is 1. The average Bonchev–Trinajstić information content (AvgIpc) is 3.26. The summed E-state index contributed by atoms with van der Waals surface area (Å²) >= 11 is 0. The third-order valence-electron chi connectivity index (χ3n) is 5.47. The van der Waals surface area contributed by atoms with Gasteiger partial charge in [0.25, 0.3) is 0 Å². The third kappa shape index (κ3) is 4.85. The van der Waals surface area contributed by atoms with Gasteiger partial charge in [-0.3, -0.25) is 9.36 Å². The summed E-state index contributed by atoms with van der Waals surface area (Å²) < 4.78 is 1.62. The second-order valence-corrected chi connectivity index (χ2v) is 7.49. The molecule has 3 heteroatoms. The molecular weight excluding hydrogens is 332 g/mol. The molecule has 2 aromatic rings. The summed E-state index contributed by atoms with van der Waals surface area (Å²) in [5.74, 6) is 0.326. The van der Waals surface area contributed by atoms with Gasteiger partial charge in [0.1, 0.15) is 6.33 Å². The maximum absolute atomic E-state index is 13.2. The fourth-order valence-electron chi connectivity index (χ4n) is 3.80. The van der Waals surface area contributed by atoms with E-state index in [4.69, 9.17) is 0 Å². The van der Waals surface area contributed by atoms with E-state index < -0.39 is 5.41 Å². The first-order chi connectivity index (χ1) is 13.2. The van der Waals surface area contributed by atoms with Crippen molar-refractivity contribution in [3.8, 4) is 0 Å². The SMILES string of the molecule is CCCCCCCCC1(C(=O)n2ccnc2)C=CC(c2ccccc2)C=C1. The highest BCUT2D eigenvalue weighted by molar-refractivity contribution is 5.89. The average molecular weight is 363 g/mol. The van der Waals surface area contributed by atoms with E-state index in [0.717, 1.165) is 12.8 Å². The first-order valence-corrected chi connectivity index (χ1v) is 10.2. The molecule has 1 aliphatic carbocycles. The quantitative estimate of drug-likeness (QED) is 0.395. The molecule has 1 aromatic heterocycles. The number of benzene rings is 1. The predicted molar refractivity (Wildman–Crippen MR) is 111 cm³/mol. The molecule has 0 saturated heterocycles. The lowest BCUT2D eigenvalue weighted by atomic mass is 9.75. The number of rotatable bonds is 9. The molecule has 0 atom stereocenters. The number of allylic oxidation sites excluding steroid dienone is 4. The largest absolute Gasteiger partial charge is 0.275 e. The van der Waals surface area contributed by atoms with Gasteiger partial charge in [-0.1, -0.05) is 100 Å². The molecule has 1 aromatic carbocycles. The van der Waals surface area contributed by atoms with E-state index in [1.807, 2.05) is 6.07 Å². The minimum atomic E-state index is -0.559. The lowest BCUT2D eigenvalue weighted by Crippen LogP contribution is -2.33. The van der Waals surface area contributed by atoms with Crippen LogP contribution in [0.25, 0.3) is 0 Å². The van der Waals surface area contributed by atoms with E-state index in [9.17, 15) is 4.79 Å². The van der Waals surface area contributed by atoms with Crippen molar-refractivity contribution in [1.29, 1.82) is 0 Å². The van der Waals surface area contributed by atoms with Crippen LogP contribution in [0.3, 0.4) is 0 Å². The Morgan fingerprint density at radius 2 is 1.74 bits per heavy atom. The van der Waals surface area contributed by atoms with Crippen molar-refractivity contribution in [2.24, 2.45) is 5.41 Å². The van der Waals surface area contributed by atoms with Crippen LogP contribution in [0.15, 0.2) is 73.4 Å². The van der Waals surface area contributed by atoms with Gasteiger partial charge >= 0.3 is 0 Å². The number of carbonyl (C=O) groups excluding carboxylic acids is 1. The van der Waals surface area contributed by atoms with Gasteiger partial charge in [-0.2, -0.15) is 0 Å². The van der Waals surface area contributed by atoms with Gasteiger partial charge in [0.2, 0.25) is 5.91 Å². The fourth-order valence-corrected chi connectivity index (χ4v) is 3.80. The molecule has 0 amide bonds. The number of hydrogen-bond acceptors (Lipinski definition) is 2. The highest BCUT2D eigenvalue weighted by Crippen LogP contribution is 2.37. The molecule has 0 fully saturated rings. The predicted octanol–water partition coefficient (Wildman–Crippen LogP) is 6.17. The van der Waals surface area contributed by atoms with Gasteiger partial charge in [-0.25, -0.2) is 4.98 Å². The summed E-state index contributed by atoms with van der Waals surface area (Å²) in [6.07, 6.45) is 21.8. The smallest absolute Gasteiger partial charge is 0.245 e. The van der Waals surface area contributed by atoms with Gasteiger partial charge in [0, 0.05) is 18.3 Å². The van der Waals surface area contributed by atoms with Crippen molar-refractivity contribution in [2.75, 3.05) is 0 Å². The van der Waals surface area contributed by atoms with E-state index in [1.165, 1.54) is 37.7 Å². The highest BCUT2D eigenvalue weighted by atomic mass is 16.2. The zero-order chi connectivity index (χ0) is 19.0. The van der Waals surface area contributed by atoms with Crippen molar-refractivity contribution in [3.05, 3.63) is 78.9 Å². The Morgan fingerprint density at radius 3 is 2.41 bits per heavy atom. The molecular formula is C24H30N2O. The summed E-state index contributed by atoms with van der Waals surface area (Å²) in [5, 5.41) is 0. The van der Waals surface area contributed by atoms with E-state index in [-0.39, 0.29) is 11.8 Å². The van der Waals surface area contributed by atoms with Crippen LogP contribution in [0.2, 0.25) is 0 Å².